The zero-order chi connectivity index (χ0) is 17.2. The van der Waals surface area contributed by atoms with Crippen LogP contribution in [-0.2, 0) is 6.42 Å². The SMILES string of the molecule is CN(C(=O)c1ccnc(N2CCc3ccccc32)n1)c1ccccc1. The number of hydrogen-bond acceptors (Lipinski definition) is 4. The van der Waals surface area contributed by atoms with Gasteiger partial charge in [-0.25, -0.2) is 9.97 Å². The molecule has 2 aromatic carbocycles. The van der Waals surface area contributed by atoms with Crippen LogP contribution >= 0.6 is 0 Å². The minimum atomic E-state index is -0.151. The zero-order valence-electron chi connectivity index (χ0n) is 14.0. The third-order valence-electron chi connectivity index (χ3n) is 4.44. The molecule has 2 heterocycles. The first kappa shape index (κ1) is 15.3. The maximum atomic E-state index is 12.8. The minimum Gasteiger partial charge on any atom is -0.310 e. The molecule has 0 fully saturated rings. The van der Waals surface area contributed by atoms with Gasteiger partial charge in [-0.3, -0.25) is 4.79 Å². The average Bonchev–Trinajstić information content (AvgIpc) is 3.12. The van der Waals surface area contributed by atoms with Gasteiger partial charge in [-0.05, 0) is 36.2 Å². The highest BCUT2D eigenvalue weighted by Crippen LogP contribution is 2.32. The molecule has 0 saturated carbocycles. The maximum Gasteiger partial charge on any atom is 0.276 e. The van der Waals surface area contributed by atoms with Gasteiger partial charge in [-0.1, -0.05) is 36.4 Å². The molecule has 1 amide bonds. The van der Waals surface area contributed by atoms with Crippen molar-refractivity contribution in [3.05, 3.63) is 78.1 Å². The Hall–Kier alpha value is -3.21. The number of fused-ring (bicyclic) bond motifs is 1. The molecule has 0 N–H and O–H groups in total. The zero-order valence-corrected chi connectivity index (χ0v) is 14.0. The van der Waals surface area contributed by atoms with Gasteiger partial charge in [0.25, 0.3) is 5.91 Å². The van der Waals surface area contributed by atoms with Crippen molar-refractivity contribution in [2.45, 2.75) is 6.42 Å². The average molecular weight is 330 g/mol. The highest BCUT2D eigenvalue weighted by atomic mass is 16.2. The molecule has 1 aliphatic heterocycles. The fourth-order valence-corrected chi connectivity index (χ4v) is 3.08. The van der Waals surface area contributed by atoms with E-state index >= 15 is 0 Å². The number of anilines is 3. The van der Waals surface area contributed by atoms with Crippen molar-refractivity contribution in [1.82, 2.24) is 9.97 Å². The van der Waals surface area contributed by atoms with Crippen molar-refractivity contribution in [3.8, 4) is 0 Å². The second-order valence-electron chi connectivity index (χ2n) is 5.97. The highest BCUT2D eigenvalue weighted by Gasteiger charge is 2.23. The van der Waals surface area contributed by atoms with Crippen molar-refractivity contribution in [1.29, 1.82) is 0 Å². The van der Waals surface area contributed by atoms with Gasteiger partial charge in [-0.15, -0.1) is 0 Å². The molecule has 0 unspecified atom stereocenters. The first-order chi connectivity index (χ1) is 12.2. The predicted molar refractivity (Wildman–Crippen MR) is 98.4 cm³/mol. The van der Waals surface area contributed by atoms with E-state index in [1.165, 1.54) is 5.56 Å². The summed E-state index contributed by atoms with van der Waals surface area (Å²) < 4.78 is 0. The van der Waals surface area contributed by atoms with Crippen LogP contribution in [0.1, 0.15) is 16.1 Å². The Morgan fingerprint density at radius 3 is 2.64 bits per heavy atom. The summed E-state index contributed by atoms with van der Waals surface area (Å²) >= 11 is 0. The van der Waals surface area contributed by atoms with Gasteiger partial charge in [0.1, 0.15) is 5.69 Å². The number of nitrogens with zero attached hydrogens (tertiary/aromatic N) is 4. The fourth-order valence-electron chi connectivity index (χ4n) is 3.08. The van der Waals surface area contributed by atoms with Gasteiger partial charge in [-0.2, -0.15) is 0 Å². The van der Waals surface area contributed by atoms with Crippen molar-refractivity contribution in [2.75, 3.05) is 23.4 Å². The lowest BCUT2D eigenvalue weighted by molar-refractivity contribution is 0.0988. The van der Waals surface area contributed by atoms with E-state index in [9.17, 15) is 4.79 Å². The monoisotopic (exact) mass is 330 g/mol. The molecule has 1 aromatic heterocycles. The molecule has 0 bridgehead atoms. The van der Waals surface area contributed by atoms with E-state index < -0.39 is 0 Å². The predicted octanol–water partition coefficient (Wildman–Crippen LogP) is 3.45. The van der Waals surface area contributed by atoms with E-state index in [1.54, 1.807) is 24.2 Å². The molecule has 4 rings (SSSR count). The first-order valence-electron chi connectivity index (χ1n) is 8.25. The largest absolute Gasteiger partial charge is 0.310 e. The van der Waals surface area contributed by atoms with Crippen molar-refractivity contribution < 1.29 is 4.79 Å². The number of amides is 1. The van der Waals surface area contributed by atoms with Gasteiger partial charge in [0.05, 0.1) is 0 Å². The number of carbonyl (C=O) groups is 1. The Morgan fingerprint density at radius 2 is 1.80 bits per heavy atom. The van der Waals surface area contributed by atoms with E-state index in [1.807, 2.05) is 42.5 Å². The lowest BCUT2D eigenvalue weighted by Crippen LogP contribution is -2.28. The molecule has 124 valence electrons. The third-order valence-corrected chi connectivity index (χ3v) is 4.44. The summed E-state index contributed by atoms with van der Waals surface area (Å²) in [7, 11) is 1.75. The normalized spacial score (nSPS) is 12.8. The topological polar surface area (TPSA) is 49.3 Å². The van der Waals surface area contributed by atoms with Gasteiger partial charge in [0, 0.05) is 31.2 Å². The summed E-state index contributed by atoms with van der Waals surface area (Å²) in [5.41, 5.74) is 3.62. The van der Waals surface area contributed by atoms with Crippen LogP contribution in [0.5, 0.6) is 0 Å². The van der Waals surface area contributed by atoms with Crippen molar-refractivity contribution in [3.63, 3.8) is 0 Å². The van der Waals surface area contributed by atoms with Crippen LogP contribution in [0.2, 0.25) is 0 Å². The van der Waals surface area contributed by atoms with Gasteiger partial charge in [0.15, 0.2) is 0 Å². The molecule has 0 aliphatic carbocycles. The highest BCUT2D eigenvalue weighted by molar-refractivity contribution is 6.04. The molecule has 0 atom stereocenters. The molecule has 25 heavy (non-hydrogen) atoms. The van der Waals surface area contributed by atoms with E-state index in [4.69, 9.17) is 0 Å². The molecule has 1 aliphatic rings. The molecule has 0 radical (unpaired) electrons. The van der Waals surface area contributed by atoms with Crippen molar-refractivity contribution >= 4 is 23.2 Å². The van der Waals surface area contributed by atoms with Gasteiger partial charge in [0.2, 0.25) is 5.95 Å². The molecule has 3 aromatic rings. The smallest absolute Gasteiger partial charge is 0.276 e. The quantitative estimate of drug-likeness (QED) is 0.738. The minimum absolute atomic E-state index is 0.151. The van der Waals surface area contributed by atoms with E-state index in [-0.39, 0.29) is 5.91 Å². The number of aromatic nitrogens is 2. The van der Waals surface area contributed by atoms with Gasteiger partial charge < -0.3 is 9.80 Å². The van der Waals surface area contributed by atoms with Crippen LogP contribution in [0, 0.1) is 0 Å². The summed E-state index contributed by atoms with van der Waals surface area (Å²) in [4.78, 5) is 25.3. The van der Waals surface area contributed by atoms with Crippen LogP contribution in [0.4, 0.5) is 17.3 Å². The summed E-state index contributed by atoms with van der Waals surface area (Å²) in [5.74, 6) is 0.416. The lowest BCUT2D eigenvalue weighted by Gasteiger charge is -2.19. The van der Waals surface area contributed by atoms with Crippen LogP contribution in [0.15, 0.2) is 66.9 Å². The second kappa shape index (κ2) is 6.36. The Labute approximate surface area is 146 Å². The number of para-hydroxylation sites is 2. The summed E-state index contributed by atoms with van der Waals surface area (Å²) in [6, 6.07) is 19.4. The molecule has 0 spiro atoms. The number of carbonyl (C=O) groups excluding carboxylic acids is 1. The van der Waals surface area contributed by atoms with Crippen LogP contribution in [0.25, 0.3) is 0 Å². The summed E-state index contributed by atoms with van der Waals surface area (Å²) in [6.45, 7) is 0.825. The molecule has 5 heteroatoms. The maximum absolute atomic E-state index is 12.8. The molecular formula is C20H18N4O. The Balaban J connectivity index is 1.63. The van der Waals surface area contributed by atoms with Gasteiger partial charge >= 0.3 is 0 Å². The Kier molecular flexibility index (Phi) is 3.90. The van der Waals surface area contributed by atoms with Crippen LogP contribution in [-0.4, -0.2) is 29.5 Å². The van der Waals surface area contributed by atoms with Crippen molar-refractivity contribution in [2.24, 2.45) is 0 Å². The lowest BCUT2D eigenvalue weighted by atomic mass is 10.2. The molecule has 5 nitrogen and oxygen atoms in total. The standard InChI is InChI=1S/C20H18N4O/c1-23(16-8-3-2-4-9-16)19(25)17-11-13-21-20(22-17)24-14-12-15-7-5-6-10-18(15)24/h2-11,13H,12,14H2,1H3. The van der Waals surface area contributed by atoms with E-state index in [0.717, 1.165) is 24.3 Å². The third kappa shape index (κ3) is 2.85. The van der Waals surface area contributed by atoms with Crippen LogP contribution < -0.4 is 9.80 Å². The summed E-state index contributed by atoms with van der Waals surface area (Å²) in [5, 5.41) is 0. The molecule has 0 saturated heterocycles. The first-order valence-corrected chi connectivity index (χ1v) is 8.25. The number of benzene rings is 2. The summed E-state index contributed by atoms with van der Waals surface area (Å²) in [6.07, 6.45) is 2.61. The second-order valence-corrected chi connectivity index (χ2v) is 5.97. The number of hydrogen-bond donors (Lipinski definition) is 0. The van der Waals surface area contributed by atoms with E-state index in [0.29, 0.717) is 11.6 Å². The number of rotatable bonds is 3. The fraction of sp³-hybridized carbons (Fsp3) is 0.150. The Bertz CT molecular complexity index is 910. The molecular weight excluding hydrogens is 312 g/mol. The van der Waals surface area contributed by atoms with E-state index in [2.05, 4.69) is 27.0 Å². The van der Waals surface area contributed by atoms with Crippen LogP contribution in [0.3, 0.4) is 0 Å². The Morgan fingerprint density at radius 1 is 1.04 bits per heavy atom.